The Bertz CT molecular complexity index is 1080. The lowest BCUT2D eigenvalue weighted by Gasteiger charge is -2.31. The summed E-state index contributed by atoms with van der Waals surface area (Å²) in [4.78, 5) is 3.71. The molecule has 0 saturated carbocycles. The number of thiophene rings is 1. The van der Waals surface area contributed by atoms with E-state index in [0.717, 1.165) is 48.5 Å². The van der Waals surface area contributed by atoms with Crippen LogP contribution >= 0.6 is 11.3 Å². The molecule has 2 aliphatic heterocycles. The minimum Gasteiger partial charge on any atom is -0.490 e. The molecule has 5 rings (SSSR count). The van der Waals surface area contributed by atoms with Crippen molar-refractivity contribution in [3.05, 3.63) is 76.6 Å². The molecule has 0 aliphatic carbocycles. The lowest BCUT2D eigenvalue weighted by Crippen LogP contribution is -2.37. The highest BCUT2D eigenvalue weighted by atomic mass is 32.1. The van der Waals surface area contributed by atoms with Crippen molar-refractivity contribution in [3.8, 4) is 11.5 Å². The van der Waals surface area contributed by atoms with Crippen LogP contribution in [0.5, 0.6) is 11.5 Å². The molecule has 166 valence electrons. The Labute approximate surface area is 194 Å². The van der Waals surface area contributed by atoms with Gasteiger partial charge in [0.15, 0.2) is 5.69 Å². The Hall–Kier alpha value is -2.60. The number of benzene rings is 2. The number of ether oxygens (including phenoxy) is 2. The van der Waals surface area contributed by atoms with E-state index in [0.29, 0.717) is 12.7 Å². The van der Waals surface area contributed by atoms with Crippen molar-refractivity contribution in [2.24, 2.45) is 0 Å². The summed E-state index contributed by atoms with van der Waals surface area (Å²) in [6.07, 6.45) is 7.06. The van der Waals surface area contributed by atoms with E-state index in [1.165, 1.54) is 21.8 Å². The van der Waals surface area contributed by atoms with Crippen molar-refractivity contribution < 1.29 is 9.47 Å². The molecule has 1 fully saturated rings. The predicted octanol–water partition coefficient (Wildman–Crippen LogP) is 6.44. The van der Waals surface area contributed by atoms with Crippen LogP contribution in [0.4, 0.5) is 11.4 Å². The van der Waals surface area contributed by atoms with Crippen LogP contribution in [0.1, 0.15) is 30.2 Å². The van der Waals surface area contributed by atoms with Gasteiger partial charge in [-0.1, -0.05) is 12.1 Å². The van der Waals surface area contributed by atoms with Crippen molar-refractivity contribution in [3.63, 3.8) is 0 Å². The first-order valence-corrected chi connectivity index (χ1v) is 12.4. The van der Waals surface area contributed by atoms with E-state index in [2.05, 4.69) is 66.9 Å². The lowest BCUT2D eigenvalue weighted by molar-refractivity contribution is 0.114. The first-order chi connectivity index (χ1) is 15.7. The van der Waals surface area contributed by atoms with E-state index in [-0.39, 0.29) is 0 Å². The van der Waals surface area contributed by atoms with E-state index < -0.39 is 0 Å². The fourth-order valence-electron chi connectivity index (χ4n) is 4.79. The van der Waals surface area contributed by atoms with Gasteiger partial charge in [-0.3, -0.25) is 0 Å². The van der Waals surface area contributed by atoms with Crippen LogP contribution < -0.4 is 14.0 Å². The molecule has 0 bridgehead atoms. The van der Waals surface area contributed by atoms with Gasteiger partial charge in [-0.2, -0.15) is 0 Å². The maximum Gasteiger partial charge on any atom is 0.160 e. The molecule has 0 spiro atoms. The molecule has 0 amide bonds. The second-order valence-electron chi connectivity index (χ2n) is 8.68. The highest BCUT2D eigenvalue weighted by Crippen LogP contribution is 2.46. The first kappa shape index (κ1) is 21.3. The van der Waals surface area contributed by atoms with Gasteiger partial charge in [0.05, 0.1) is 17.0 Å². The topological polar surface area (TPSA) is 21.7 Å². The minimum atomic E-state index is 0.314. The highest BCUT2D eigenvalue weighted by molar-refractivity contribution is 7.11. The molecule has 1 atom stereocenters. The first-order valence-electron chi connectivity index (χ1n) is 11.5. The van der Waals surface area contributed by atoms with E-state index in [4.69, 9.17) is 9.47 Å². The second-order valence-corrected chi connectivity index (χ2v) is 9.63. The van der Waals surface area contributed by atoms with E-state index in [1.807, 2.05) is 24.3 Å². The van der Waals surface area contributed by atoms with Crippen LogP contribution in [0.3, 0.4) is 0 Å². The third-order valence-corrected chi connectivity index (χ3v) is 7.56. The number of nitrogens with zero attached hydrogens (tertiary/aromatic N) is 2. The van der Waals surface area contributed by atoms with Crippen molar-refractivity contribution in [2.45, 2.75) is 32.5 Å². The fourth-order valence-corrected chi connectivity index (χ4v) is 5.63. The maximum atomic E-state index is 6.22. The number of rotatable bonds is 7. The van der Waals surface area contributed by atoms with E-state index in [1.54, 1.807) is 11.3 Å². The summed E-state index contributed by atoms with van der Waals surface area (Å²) in [7, 11) is 2.17. The Kier molecular flexibility index (Phi) is 6.05. The van der Waals surface area contributed by atoms with Gasteiger partial charge in [0, 0.05) is 31.3 Å². The third-order valence-electron chi connectivity index (χ3n) is 6.69. The van der Waals surface area contributed by atoms with Gasteiger partial charge < -0.3 is 14.4 Å². The third kappa shape index (κ3) is 4.08. The van der Waals surface area contributed by atoms with Crippen LogP contribution in [-0.2, 0) is 6.61 Å². The van der Waals surface area contributed by atoms with E-state index in [9.17, 15) is 0 Å². The summed E-state index contributed by atoms with van der Waals surface area (Å²) in [6.45, 7) is 5.97. The van der Waals surface area contributed by atoms with Gasteiger partial charge in [0.25, 0.3) is 0 Å². The Morgan fingerprint density at radius 1 is 0.969 bits per heavy atom. The number of quaternary nitrogens is 1. The fraction of sp³-hybridized carbons (Fsp3) is 0.333. The molecule has 1 aromatic heterocycles. The van der Waals surface area contributed by atoms with Crippen molar-refractivity contribution in [1.29, 1.82) is 0 Å². The molecule has 4 nitrogen and oxygen atoms in total. The van der Waals surface area contributed by atoms with Gasteiger partial charge >= 0.3 is 0 Å². The summed E-state index contributed by atoms with van der Waals surface area (Å²) in [6, 6.07) is 19.0. The molecule has 3 aromatic rings. The predicted molar refractivity (Wildman–Crippen MR) is 134 cm³/mol. The van der Waals surface area contributed by atoms with E-state index >= 15 is 0 Å². The van der Waals surface area contributed by atoms with Crippen LogP contribution in [0.15, 0.2) is 66.2 Å². The second kappa shape index (κ2) is 9.10. The van der Waals surface area contributed by atoms with Gasteiger partial charge in [-0.05, 0) is 62.5 Å². The van der Waals surface area contributed by atoms with Gasteiger partial charge in [-0.25, -0.2) is 4.48 Å². The molecule has 32 heavy (non-hydrogen) atoms. The Morgan fingerprint density at radius 3 is 2.50 bits per heavy atom. The van der Waals surface area contributed by atoms with Crippen LogP contribution in [-0.4, -0.2) is 37.7 Å². The summed E-state index contributed by atoms with van der Waals surface area (Å²) in [5.74, 6) is 1.79. The van der Waals surface area contributed by atoms with Gasteiger partial charge in [0.2, 0.25) is 0 Å². The highest BCUT2D eigenvalue weighted by Gasteiger charge is 2.38. The van der Waals surface area contributed by atoms with Gasteiger partial charge in [0.1, 0.15) is 36.1 Å². The van der Waals surface area contributed by atoms with Crippen molar-refractivity contribution in [2.75, 3.05) is 26.7 Å². The monoisotopic (exact) mass is 447 g/mol. The standard InChI is InChI=1S/C27H31N2O2S/c1-3-29(18-14-27-26(29)15-19-32-27)25-7-5-4-6-21(25)20-30-22-8-10-23(11-9-22)31-24-12-16-28(2)17-13-24/h4-11,14-15,18-19,24H,3,12-13,16-17,20H2,1-2H3/q+1. The normalized spacial score (nSPS) is 20.9. The largest absolute Gasteiger partial charge is 0.490 e. The zero-order valence-corrected chi connectivity index (χ0v) is 19.7. The SMILES string of the molecule is CC[N+]1(c2ccccc2COc2ccc(OC3CCN(C)CC3)cc2)C=Cc2sccc21. The quantitative estimate of drug-likeness (QED) is 0.389. The van der Waals surface area contributed by atoms with Crippen molar-refractivity contribution in [1.82, 2.24) is 9.38 Å². The molecule has 2 aliphatic rings. The number of hydrogen-bond acceptors (Lipinski definition) is 4. The zero-order valence-electron chi connectivity index (χ0n) is 18.9. The maximum absolute atomic E-state index is 6.22. The Morgan fingerprint density at radius 2 is 1.72 bits per heavy atom. The molecule has 0 N–H and O–H groups in total. The number of piperidine rings is 1. The number of likely N-dealkylation sites (tertiary alicyclic amines) is 1. The van der Waals surface area contributed by atoms with Crippen LogP contribution in [0, 0.1) is 0 Å². The lowest BCUT2D eigenvalue weighted by atomic mass is 10.1. The molecule has 0 radical (unpaired) electrons. The molecule has 3 heterocycles. The molecular formula is C27H31N2O2S+. The average molecular weight is 448 g/mol. The number of fused-ring (bicyclic) bond motifs is 1. The molecule has 1 unspecified atom stereocenters. The summed E-state index contributed by atoms with van der Waals surface area (Å²) in [5, 5.41) is 2.19. The molecular weight excluding hydrogens is 416 g/mol. The molecule has 2 aromatic carbocycles. The summed E-state index contributed by atoms with van der Waals surface area (Å²) in [5.41, 5.74) is 3.86. The molecule has 5 heteroatoms. The molecule has 1 saturated heterocycles. The number of para-hydroxylation sites is 1. The Balaban J connectivity index is 1.28. The smallest absolute Gasteiger partial charge is 0.160 e. The minimum absolute atomic E-state index is 0.314. The van der Waals surface area contributed by atoms with Crippen LogP contribution in [0.25, 0.3) is 6.08 Å². The zero-order chi connectivity index (χ0) is 22.0. The van der Waals surface area contributed by atoms with Crippen LogP contribution in [0.2, 0.25) is 0 Å². The average Bonchev–Trinajstić information content (AvgIpc) is 3.44. The number of hydrogen-bond donors (Lipinski definition) is 0. The summed E-state index contributed by atoms with van der Waals surface area (Å²) < 4.78 is 13.1. The van der Waals surface area contributed by atoms with Gasteiger partial charge in [-0.15, -0.1) is 11.3 Å². The van der Waals surface area contributed by atoms with Crippen molar-refractivity contribution >= 4 is 28.8 Å². The summed E-state index contributed by atoms with van der Waals surface area (Å²) >= 11 is 1.81.